The van der Waals surface area contributed by atoms with Gasteiger partial charge in [0.25, 0.3) is 0 Å². The smallest absolute Gasteiger partial charge is 0.370 e. The minimum Gasteiger partial charge on any atom is -0.370 e. The van der Waals surface area contributed by atoms with E-state index < -0.39 is 11.7 Å². The van der Waals surface area contributed by atoms with Gasteiger partial charge in [-0.3, -0.25) is 0 Å². The highest BCUT2D eigenvalue weighted by atomic mass is 35.5. The lowest BCUT2D eigenvalue weighted by molar-refractivity contribution is -0.137. The molecule has 29 heavy (non-hydrogen) atoms. The molecule has 8 heteroatoms. The van der Waals surface area contributed by atoms with E-state index in [-0.39, 0.29) is 5.02 Å². The van der Waals surface area contributed by atoms with Crippen LogP contribution in [0.4, 0.5) is 19.0 Å². The Labute approximate surface area is 176 Å². The number of alkyl halides is 3. The topological polar surface area (TPSA) is 29.9 Å². The predicted molar refractivity (Wildman–Crippen MR) is 110 cm³/mol. The summed E-state index contributed by atoms with van der Waals surface area (Å²) in [5, 5.41) is 8.34. The molecule has 0 fully saturated rings. The Bertz CT molecular complexity index is 1070. The molecule has 0 unspecified atom stereocenters. The van der Waals surface area contributed by atoms with Crippen molar-refractivity contribution in [3.8, 4) is 16.9 Å². The molecule has 1 N–H and O–H groups in total. The molecule has 0 saturated carbocycles. The first kappa shape index (κ1) is 20.1. The Morgan fingerprint density at radius 1 is 1.03 bits per heavy atom. The molecule has 0 saturated heterocycles. The van der Waals surface area contributed by atoms with Crippen LogP contribution >= 0.6 is 23.2 Å². The lowest BCUT2D eigenvalue weighted by atomic mass is 10.0. The standard InChI is InChI=1S/C21H18Cl2F3N3/c1-12-5-7-14(11-18(12)23)29-20-15(4-2-3-9-27-20)19(28-29)13-6-8-17(22)16(10-13)21(24,25)26/h5-8,10-11,27H,2-4,9H2,1H3. The highest BCUT2D eigenvalue weighted by Gasteiger charge is 2.34. The average Bonchev–Trinajstić information content (AvgIpc) is 2.85. The Morgan fingerprint density at radius 2 is 1.83 bits per heavy atom. The molecule has 1 aromatic heterocycles. The van der Waals surface area contributed by atoms with Crippen LogP contribution in [0.15, 0.2) is 36.4 Å². The highest BCUT2D eigenvalue weighted by Crippen LogP contribution is 2.40. The Kier molecular flexibility index (Phi) is 5.25. The zero-order chi connectivity index (χ0) is 20.8. The van der Waals surface area contributed by atoms with E-state index in [0.717, 1.165) is 54.5 Å². The van der Waals surface area contributed by atoms with Crippen molar-refractivity contribution in [3.63, 3.8) is 0 Å². The highest BCUT2D eigenvalue weighted by molar-refractivity contribution is 6.31. The van der Waals surface area contributed by atoms with Gasteiger partial charge in [0, 0.05) is 22.7 Å². The second-order valence-corrected chi connectivity index (χ2v) is 7.91. The number of anilines is 1. The van der Waals surface area contributed by atoms with Gasteiger partial charge < -0.3 is 5.32 Å². The average molecular weight is 440 g/mol. The van der Waals surface area contributed by atoms with Gasteiger partial charge in [-0.15, -0.1) is 0 Å². The first-order chi connectivity index (χ1) is 13.8. The maximum Gasteiger partial charge on any atom is 0.417 e. The monoisotopic (exact) mass is 439 g/mol. The summed E-state index contributed by atoms with van der Waals surface area (Å²) in [6, 6.07) is 9.53. The van der Waals surface area contributed by atoms with Gasteiger partial charge in [-0.25, -0.2) is 4.68 Å². The van der Waals surface area contributed by atoms with Gasteiger partial charge >= 0.3 is 6.18 Å². The molecule has 3 nitrogen and oxygen atoms in total. The molecule has 0 bridgehead atoms. The molecule has 2 aromatic carbocycles. The summed E-state index contributed by atoms with van der Waals surface area (Å²) in [4.78, 5) is 0. The summed E-state index contributed by atoms with van der Waals surface area (Å²) < 4.78 is 41.8. The molecule has 4 rings (SSSR count). The van der Waals surface area contributed by atoms with Crippen molar-refractivity contribution < 1.29 is 13.2 Å². The number of aryl methyl sites for hydroxylation is 1. The predicted octanol–water partition coefficient (Wildman–Crippen LogP) is 6.92. The third-order valence-electron chi connectivity index (χ3n) is 5.07. The van der Waals surface area contributed by atoms with E-state index in [1.54, 1.807) is 10.7 Å². The zero-order valence-electron chi connectivity index (χ0n) is 15.6. The molecule has 0 atom stereocenters. The van der Waals surface area contributed by atoms with Crippen LogP contribution in [0, 0.1) is 6.92 Å². The van der Waals surface area contributed by atoms with Crippen LogP contribution in [0.5, 0.6) is 0 Å². The van der Waals surface area contributed by atoms with Gasteiger partial charge in [-0.2, -0.15) is 18.3 Å². The number of nitrogens with zero attached hydrogens (tertiary/aromatic N) is 2. The number of halogens is 5. The molecule has 152 valence electrons. The van der Waals surface area contributed by atoms with E-state index in [2.05, 4.69) is 10.4 Å². The second kappa shape index (κ2) is 7.58. The van der Waals surface area contributed by atoms with E-state index in [1.807, 2.05) is 25.1 Å². The van der Waals surface area contributed by atoms with Crippen molar-refractivity contribution in [2.45, 2.75) is 32.4 Å². The van der Waals surface area contributed by atoms with Gasteiger partial charge in [0.05, 0.1) is 22.0 Å². The maximum atomic E-state index is 13.4. The lowest BCUT2D eigenvalue weighted by Gasteiger charge is -2.10. The first-order valence-corrected chi connectivity index (χ1v) is 10.0. The molecule has 1 aliphatic rings. The van der Waals surface area contributed by atoms with Crippen molar-refractivity contribution in [1.29, 1.82) is 0 Å². The molecule has 3 aromatic rings. The van der Waals surface area contributed by atoms with E-state index in [1.165, 1.54) is 6.07 Å². The van der Waals surface area contributed by atoms with Crippen molar-refractivity contribution in [2.24, 2.45) is 0 Å². The molecule has 2 heterocycles. The summed E-state index contributed by atoms with van der Waals surface area (Å²) in [5.41, 5.74) is 2.64. The van der Waals surface area contributed by atoms with E-state index >= 15 is 0 Å². The first-order valence-electron chi connectivity index (χ1n) is 9.25. The van der Waals surface area contributed by atoms with Crippen LogP contribution in [-0.2, 0) is 12.6 Å². The fourth-order valence-electron chi connectivity index (χ4n) is 3.52. The number of benzene rings is 2. The SMILES string of the molecule is Cc1ccc(-n2nc(-c3ccc(Cl)c(C(F)(F)F)c3)c3c2NCCCC3)cc1Cl. The third kappa shape index (κ3) is 3.83. The van der Waals surface area contributed by atoms with Gasteiger partial charge in [-0.05, 0) is 56.0 Å². The van der Waals surface area contributed by atoms with Crippen LogP contribution in [0.1, 0.15) is 29.5 Å². The van der Waals surface area contributed by atoms with Crippen LogP contribution in [-0.4, -0.2) is 16.3 Å². The summed E-state index contributed by atoms with van der Waals surface area (Å²) in [7, 11) is 0. The lowest BCUT2D eigenvalue weighted by Crippen LogP contribution is -2.07. The van der Waals surface area contributed by atoms with Crippen molar-refractivity contribution in [2.75, 3.05) is 11.9 Å². The minimum absolute atomic E-state index is 0.324. The molecular weight excluding hydrogens is 422 g/mol. The van der Waals surface area contributed by atoms with Crippen LogP contribution < -0.4 is 5.32 Å². The van der Waals surface area contributed by atoms with Crippen LogP contribution in [0.3, 0.4) is 0 Å². The minimum atomic E-state index is -4.53. The van der Waals surface area contributed by atoms with Gasteiger partial charge in [0.1, 0.15) is 5.82 Å². The summed E-state index contributed by atoms with van der Waals surface area (Å²) in [5.74, 6) is 0.793. The van der Waals surface area contributed by atoms with E-state index in [0.29, 0.717) is 16.3 Å². The number of hydrogen-bond acceptors (Lipinski definition) is 2. The van der Waals surface area contributed by atoms with Crippen molar-refractivity contribution >= 4 is 29.0 Å². The van der Waals surface area contributed by atoms with Gasteiger partial charge in [-0.1, -0.05) is 35.3 Å². The Balaban J connectivity index is 1.91. The van der Waals surface area contributed by atoms with E-state index in [4.69, 9.17) is 23.2 Å². The Morgan fingerprint density at radius 3 is 2.55 bits per heavy atom. The van der Waals surface area contributed by atoms with Gasteiger partial charge in [0.2, 0.25) is 0 Å². The van der Waals surface area contributed by atoms with Gasteiger partial charge in [0.15, 0.2) is 0 Å². The number of fused-ring (bicyclic) bond motifs is 1. The number of rotatable bonds is 2. The molecule has 0 radical (unpaired) electrons. The number of aromatic nitrogens is 2. The van der Waals surface area contributed by atoms with Crippen molar-refractivity contribution in [1.82, 2.24) is 9.78 Å². The number of hydrogen-bond donors (Lipinski definition) is 1. The maximum absolute atomic E-state index is 13.4. The fourth-order valence-corrected chi connectivity index (χ4v) is 3.92. The normalized spacial score (nSPS) is 14.3. The summed E-state index contributed by atoms with van der Waals surface area (Å²) in [6.45, 7) is 2.68. The van der Waals surface area contributed by atoms with Crippen LogP contribution in [0.25, 0.3) is 16.9 Å². The van der Waals surface area contributed by atoms with E-state index in [9.17, 15) is 13.2 Å². The summed E-state index contributed by atoms with van der Waals surface area (Å²) in [6.07, 6.45) is -1.92. The summed E-state index contributed by atoms with van der Waals surface area (Å²) >= 11 is 12.1. The zero-order valence-corrected chi connectivity index (χ0v) is 17.1. The molecule has 1 aliphatic heterocycles. The second-order valence-electron chi connectivity index (χ2n) is 7.10. The largest absolute Gasteiger partial charge is 0.417 e. The molecular formula is C21H18Cl2F3N3. The molecule has 0 spiro atoms. The molecule has 0 aliphatic carbocycles. The fraction of sp³-hybridized carbons (Fsp3) is 0.286. The molecule has 0 amide bonds. The Hall–Kier alpha value is -2.18. The van der Waals surface area contributed by atoms with Crippen molar-refractivity contribution in [3.05, 3.63) is 63.1 Å². The number of nitrogens with one attached hydrogen (secondary N) is 1. The third-order valence-corrected chi connectivity index (χ3v) is 5.81. The van der Waals surface area contributed by atoms with Crippen LogP contribution in [0.2, 0.25) is 10.0 Å². The quantitative estimate of drug-likeness (QED) is 0.469.